The molecule has 0 radical (unpaired) electrons. The molecule has 1 aliphatic rings. The highest BCUT2D eigenvalue weighted by Gasteiger charge is 2.24. The third-order valence-corrected chi connectivity index (χ3v) is 4.84. The molecule has 20 heavy (non-hydrogen) atoms. The van der Waals surface area contributed by atoms with E-state index in [1.54, 1.807) is 0 Å². The first kappa shape index (κ1) is 15.5. The summed E-state index contributed by atoms with van der Waals surface area (Å²) >= 11 is 0. The Morgan fingerprint density at radius 1 is 1.10 bits per heavy atom. The number of likely N-dealkylation sites (tertiary alicyclic amines) is 1. The van der Waals surface area contributed by atoms with E-state index in [1.165, 1.54) is 12.0 Å². The molecule has 0 aliphatic carbocycles. The number of aliphatic hydroxyl groups is 1. The molecule has 0 aromatic heterocycles. The van der Waals surface area contributed by atoms with E-state index in [9.17, 15) is 5.11 Å². The molecule has 0 bridgehead atoms. The van der Waals surface area contributed by atoms with Gasteiger partial charge in [-0.05, 0) is 41.8 Å². The molecule has 1 aromatic carbocycles. The number of β-amino-alcohol motifs (C(OH)–C–C–N with tert-alkyl or cyclic N) is 1. The summed E-state index contributed by atoms with van der Waals surface area (Å²) in [5.41, 5.74) is 2.38. The van der Waals surface area contributed by atoms with Crippen molar-refractivity contribution in [3.05, 3.63) is 35.4 Å². The molecule has 0 amide bonds. The van der Waals surface area contributed by atoms with Crippen molar-refractivity contribution >= 4 is 0 Å². The first-order valence-corrected chi connectivity index (χ1v) is 7.97. The summed E-state index contributed by atoms with van der Waals surface area (Å²) in [7, 11) is 0. The fraction of sp³-hybridized carbons (Fsp3) is 0.667. The van der Waals surface area contributed by atoms with Gasteiger partial charge < -0.3 is 10.0 Å². The highest BCUT2D eigenvalue weighted by Crippen LogP contribution is 2.25. The molecule has 1 heterocycles. The predicted molar refractivity (Wildman–Crippen MR) is 84.9 cm³/mol. The van der Waals surface area contributed by atoms with Gasteiger partial charge in [0.2, 0.25) is 0 Å². The maximum absolute atomic E-state index is 10.4. The van der Waals surface area contributed by atoms with Gasteiger partial charge in [-0.3, -0.25) is 0 Å². The van der Waals surface area contributed by atoms with Crippen LogP contribution >= 0.6 is 0 Å². The second-order valence-corrected chi connectivity index (χ2v) is 6.84. The third-order valence-electron chi connectivity index (χ3n) is 4.84. The molecule has 1 fully saturated rings. The quantitative estimate of drug-likeness (QED) is 0.903. The highest BCUT2D eigenvalue weighted by molar-refractivity contribution is 5.26. The number of hydrogen-bond acceptors (Lipinski definition) is 2. The maximum Gasteiger partial charge on any atom is 0.0916 e. The topological polar surface area (TPSA) is 23.5 Å². The summed E-state index contributed by atoms with van der Waals surface area (Å²) < 4.78 is 0. The summed E-state index contributed by atoms with van der Waals surface area (Å²) in [6.45, 7) is 12.0. The zero-order chi connectivity index (χ0) is 14.7. The van der Waals surface area contributed by atoms with Crippen molar-refractivity contribution in [1.29, 1.82) is 0 Å². The van der Waals surface area contributed by atoms with Gasteiger partial charge in [0.1, 0.15) is 0 Å². The number of benzene rings is 1. The number of hydrogen-bond donors (Lipinski definition) is 1. The van der Waals surface area contributed by atoms with Gasteiger partial charge in [0, 0.05) is 13.1 Å². The van der Waals surface area contributed by atoms with Crippen molar-refractivity contribution in [1.82, 2.24) is 4.90 Å². The van der Waals surface area contributed by atoms with Crippen molar-refractivity contribution in [2.24, 2.45) is 11.8 Å². The largest absolute Gasteiger partial charge is 0.387 e. The average molecular weight is 275 g/mol. The molecule has 2 rings (SSSR count). The van der Waals surface area contributed by atoms with E-state index >= 15 is 0 Å². The normalized spacial score (nSPS) is 25.9. The Kier molecular flexibility index (Phi) is 5.22. The molecule has 2 nitrogen and oxygen atoms in total. The Balaban J connectivity index is 1.92. The van der Waals surface area contributed by atoms with Gasteiger partial charge in [-0.1, -0.05) is 52.0 Å². The van der Waals surface area contributed by atoms with E-state index in [1.807, 2.05) is 0 Å². The van der Waals surface area contributed by atoms with Gasteiger partial charge in [-0.25, -0.2) is 0 Å². The Bertz CT molecular complexity index is 412. The van der Waals surface area contributed by atoms with Crippen LogP contribution in [0.25, 0.3) is 0 Å². The lowest BCUT2D eigenvalue weighted by atomic mass is 9.88. The first-order valence-electron chi connectivity index (χ1n) is 7.97. The number of aliphatic hydroxyl groups excluding tert-OH is 1. The summed E-state index contributed by atoms with van der Waals surface area (Å²) in [5.74, 6) is 2.10. The second-order valence-electron chi connectivity index (χ2n) is 6.84. The van der Waals surface area contributed by atoms with Crippen LogP contribution in [0.3, 0.4) is 0 Å². The highest BCUT2D eigenvalue weighted by atomic mass is 16.3. The van der Waals surface area contributed by atoms with E-state index < -0.39 is 0 Å². The van der Waals surface area contributed by atoms with Gasteiger partial charge in [-0.2, -0.15) is 0 Å². The molecule has 3 atom stereocenters. The number of nitrogens with zero attached hydrogens (tertiary/aromatic N) is 1. The van der Waals surface area contributed by atoms with Gasteiger partial charge in [0.15, 0.2) is 0 Å². The van der Waals surface area contributed by atoms with Gasteiger partial charge in [0.25, 0.3) is 0 Å². The first-order chi connectivity index (χ1) is 9.47. The van der Waals surface area contributed by atoms with Crippen molar-refractivity contribution in [2.45, 2.75) is 46.1 Å². The van der Waals surface area contributed by atoms with Crippen LogP contribution in [0.1, 0.15) is 57.3 Å². The van der Waals surface area contributed by atoms with Crippen LogP contribution in [0.15, 0.2) is 24.3 Å². The monoisotopic (exact) mass is 275 g/mol. The Labute approximate surface area is 123 Å². The van der Waals surface area contributed by atoms with Crippen LogP contribution in [0.5, 0.6) is 0 Å². The Morgan fingerprint density at radius 2 is 1.70 bits per heavy atom. The van der Waals surface area contributed by atoms with Gasteiger partial charge in [-0.15, -0.1) is 0 Å². The van der Waals surface area contributed by atoms with Crippen molar-refractivity contribution in [3.63, 3.8) is 0 Å². The fourth-order valence-electron chi connectivity index (χ4n) is 2.97. The Hall–Kier alpha value is -0.860. The van der Waals surface area contributed by atoms with E-state index in [0.29, 0.717) is 5.92 Å². The molecular weight excluding hydrogens is 246 g/mol. The van der Waals surface area contributed by atoms with Crippen molar-refractivity contribution < 1.29 is 5.11 Å². The van der Waals surface area contributed by atoms with E-state index in [2.05, 4.69) is 56.9 Å². The minimum atomic E-state index is -0.364. The summed E-state index contributed by atoms with van der Waals surface area (Å²) in [6.07, 6.45) is 0.886. The summed E-state index contributed by atoms with van der Waals surface area (Å²) in [6, 6.07) is 8.44. The molecule has 0 spiro atoms. The van der Waals surface area contributed by atoms with Crippen molar-refractivity contribution in [3.8, 4) is 0 Å². The van der Waals surface area contributed by atoms with Crippen LogP contribution in [0.4, 0.5) is 0 Å². The predicted octanol–water partition coefficient (Wildman–Crippen LogP) is 3.82. The molecule has 112 valence electrons. The summed E-state index contributed by atoms with van der Waals surface area (Å²) in [4.78, 5) is 2.41. The second kappa shape index (κ2) is 6.73. The van der Waals surface area contributed by atoms with E-state index in [0.717, 1.165) is 37.0 Å². The minimum absolute atomic E-state index is 0.364. The van der Waals surface area contributed by atoms with Crippen LogP contribution in [-0.2, 0) is 0 Å². The molecule has 3 unspecified atom stereocenters. The smallest absolute Gasteiger partial charge is 0.0916 e. The molecular formula is C18H29NO. The number of rotatable bonds is 4. The average Bonchev–Trinajstić information content (AvgIpc) is 2.43. The maximum atomic E-state index is 10.4. The van der Waals surface area contributed by atoms with Crippen LogP contribution in [-0.4, -0.2) is 29.6 Å². The zero-order valence-corrected chi connectivity index (χ0v) is 13.3. The third kappa shape index (κ3) is 3.83. The standard InChI is InChI=1S/C18H29NO/c1-13(2)16-5-7-17(8-6-16)18(20)12-19-10-9-14(3)15(4)11-19/h5-8,13-15,18,20H,9-12H2,1-4H3. The zero-order valence-electron chi connectivity index (χ0n) is 13.3. The molecule has 1 saturated heterocycles. The van der Waals surface area contributed by atoms with E-state index in [4.69, 9.17) is 0 Å². The lowest BCUT2D eigenvalue weighted by Gasteiger charge is -2.36. The minimum Gasteiger partial charge on any atom is -0.387 e. The van der Waals surface area contributed by atoms with Crippen LogP contribution in [0.2, 0.25) is 0 Å². The molecule has 0 saturated carbocycles. The Morgan fingerprint density at radius 3 is 2.25 bits per heavy atom. The lowest BCUT2D eigenvalue weighted by Crippen LogP contribution is -2.40. The molecule has 1 aliphatic heterocycles. The SMILES string of the molecule is CC(C)c1ccc(C(O)CN2CCC(C)C(C)C2)cc1. The number of piperidine rings is 1. The van der Waals surface area contributed by atoms with Gasteiger partial charge >= 0.3 is 0 Å². The van der Waals surface area contributed by atoms with Crippen LogP contribution in [0, 0.1) is 11.8 Å². The molecule has 1 N–H and O–H groups in total. The molecule has 2 heteroatoms. The van der Waals surface area contributed by atoms with Crippen molar-refractivity contribution in [2.75, 3.05) is 19.6 Å². The lowest BCUT2D eigenvalue weighted by molar-refractivity contribution is 0.0705. The van der Waals surface area contributed by atoms with Crippen LogP contribution < -0.4 is 0 Å². The fourth-order valence-corrected chi connectivity index (χ4v) is 2.97. The van der Waals surface area contributed by atoms with Gasteiger partial charge in [0.05, 0.1) is 6.10 Å². The summed E-state index contributed by atoms with van der Waals surface area (Å²) in [5, 5.41) is 10.4. The van der Waals surface area contributed by atoms with E-state index in [-0.39, 0.29) is 6.10 Å². The molecule has 1 aromatic rings.